The molecule has 5 heterocycles. The van der Waals surface area contributed by atoms with Gasteiger partial charge in [0.1, 0.15) is 11.5 Å². The van der Waals surface area contributed by atoms with Gasteiger partial charge >= 0.3 is 0 Å². The van der Waals surface area contributed by atoms with Gasteiger partial charge in [-0.1, -0.05) is 6.92 Å². The highest BCUT2D eigenvalue weighted by molar-refractivity contribution is 5.91. The van der Waals surface area contributed by atoms with Crippen LogP contribution in [0.2, 0.25) is 0 Å². The molecule has 150 valence electrons. The Balaban J connectivity index is 1.22. The summed E-state index contributed by atoms with van der Waals surface area (Å²) >= 11 is 0. The lowest BCUT2D eigenvalue weighted by Gasteiger charge is -2.29. The van der Waals surface area contributed by atoms with E-state index in [1.165, 1.54) is 6.26 Å². The summed E-state index contributed by atoms with van der Waals surface area (Å²) in [5.74, 6) is 3.17. The van der Waals surface area contributed by atoms with Gasteiger partial charge in [0, 0.05) is 37.9 Å². The minimum Gasteiger partial charge on any atom is -0.465 e. The molecule has 3 fully saturated rings. The summed E-state index contributed by atoms with van der Waals surface area (Å²) in [7, 11) is 0. The minimum absolute atomic E-state index is 0.0381. The molecule has 2 bridgehead atoms. The first-order chi connectivity index (χ1) is 13.7. The number of fused-ring (bicyclic) bond motifs is 1. The molecule has 4 atom stereocenters. The molecule has 2 aromatic rings. The number of furan rings is 2. The Hall–Kier alpha value is -2.05. The van der Waals surface area contributed by atoms with Crippen molar-refractivity contribution in [2.24, 2.45) is 11.8 Å². The molecule has 5 rings (SSSR count). The van der Waals surface area contributed by atoms with E-state index in [1.807, 2.05) is 0 Å². The highest BCUT2D eigenvalue weighted by Gasteiger charge is 2.62. The molecule has 3 aliphatic heterocycles. The molecule has 0 saturated carbocycles. The van der Waals surface area contributed by atoms with E-state index in [-0.39, 0.29) is 17.6 Å². The van der Waals surface area contributed by atoms with Crippen molar-refractivity contribution < 1.29 is 18.4 Å². The lowest BCUT2D eigenvalue weighted by atomic mass is 9.73. The van der Waals surface area contributed by atoms with Gasteiger partial charge in [0.25, 0.3) is 5.91 Å². The zero-order valence-electron chi connectivity index (χ0n) is 16.4. The third kappa shape index (κ3) is 3.08. The van der Waals surface area contributed by atoms with Crippen molar-refractivity contribution >= 4 is 5.91 Å². The Morgan fingerprint density at radius 1 is 1.32 bits per heavy atom. The molecule has 1 N–H and O–H groups in total. The van der Waals surface area contributed by atoms with Gasteiger partial charge in [-0.3, -0.25) is 9.69 Å². The number of hydrogen-bond donors (Lipinski definition) is 1. The van der Waals surface area contributed by atoms with Crippen molar-refractivity contribution in [3.63, 3.8) is 0 Å². The molecule has 1 amide bonds. The Morgan fingerprint density at radius 2 is 2.21 bits per heavy atom. The molecule has 0 unspecified atom stereocenters. The van der Waals surface area contributed by atoms with Crippen LogP contribution >= 0.6 is 0 Å². The van der Waals surface area contributed by atoms with Gasteiger partial charge in [-0.05, 0) is 43.5 Å². The van der Waals surface area contributed by atoms with Crippen LogP contribution in [-0.4, -0.2) is 42.1 Å². The molecule has 0 aromatic carbocycles. The molecule has 1 spiro atoms. The number of ether oxygens (including phenoxy) is 1. The smallest absolute Gasteiger partial charge is 0.286 e. The summed E-state index contributed by atoms with van der Waals surface area (Å²) < 4.78 is 17.7. The Bertz CT molecular complexity index is 829. The van der Waals surface area contributed by atoms with Crippen molar-refractivity contribution in [1.29, 1.82) is 0 Å². The zero-order valence-corrected chi connectivity index (χ0v) is 16.4. The van der Waals surface area contributed by atoms with Crippen LogP contribution in [0.25, 0.3) is 0 Å². The number of nitrogens with one attached hydrogen (secondary N) is 1. The second-order valence-corrected chi connectivity index (χ2v) is 8.51. The summed E-state index contributed by atoms with van der Waals surface area (Å²) in [5.41, 5.74) is -0.0381. The first kappa shape index (κ1) is 18.0. The number of nitrogens with zero attached hydrogens (tertiary/aromatic N) is 1. The van der Waals surface area contributed by atoms with E-state index in [0.29, 0.717) is 24.1 Å². The highest BCUT2D eigenvalue weighted by Crippen LogP contribution is 2.54. The van der Waals surface area contributed by atoms with E-state index in [2.05, 4.69) is 29.3 Å². The van der Waals surface area contributed by atoms with Crippen molar-refractivity contribution in [2.75, 3.05) is 19.6 Å². The second kappa shape index (κ2) is 7.08. The maximum Gasteiger partial charge on any atom is 0.286 e. The van der Waals surface area contributed by atoms with Crippen LogP contribution in [-0.2, 0) is 17.7 Å². The van der Waals surface area contributed by atoms with Gasteiger partial charge in [0.05, 0.1) is 24.5 Å². The van der Waals surface area contributed by atoms with E-state index in [4.69, 9.17) is 13.6 Å². The number of carbonyl (C=O) groups is 1. The second-order valence-electron chi connectivity index (χ2n) is 8.51. The van der Waals surface area contributed by atoms with Crippen molar-refractivity contribution in [3.8, 4) is 0 Å². The molecule has 3 saturated heterocycles. The highest BCUT2D eigenvalue weighted by atomic mass is 16.5. The maximum atomic E-state index is 12.3. The van der Waals surface area contributed by atoms with Crippen LogP contribution in [0.3, 0.4) is 0 Å². The third-order valence-corrected chi connectivity index (χ3v) is 6.69. The summed E-state index contributed by atoms with van der Waals surface area (Å²) in [5, 5.41) is 3.05. The lowest BCUT2D eigenvalue weighted by molar-refractivity contribution is 0.00165. The van der Waals surface area contributed by atoms with Crippen molar-refractivity contribution in [2.45, 2.75) is 50.9 Å². The third-order valence-electron chi connectivity index (χ3n) is 6.69. The Morgan fingerprint density at radius 3 is 3.04 bits per heavy atom. The number of rotatable bonds is 7. The number of likely N-dealkylation sites (tertiary alicyclic amines) is 1. The molecule has 6 nitrogen and oxygen atoms in total. The number of hydrogen-bond acceptors (Lipinski definition) is 5. The van der Waals surface area contributed by atoms with Crippen molar-refractivity contribution in [1.82, 2.24) is 10.2 Å². The first-order valence-electron chi connectivity index (χ1n) is 10.5. The SMILES string of the molecule is CCCc1ccc(CN2C[C@@H]3[C@H](CNC(=O)c4ccco4)[C@H]4CC[C@]3(C2)O4)o1. The number of amides is 1. The molecule has 2 aromatic heterocycles. The maximum absolute atomic E-state index is 12.3. The van der Waals surface area contributed by atoms with Crippen LogP contribution in [0.1, 0.15) is 48.3 Å². The van der Waals surface area contributed by atoms with Crippen LogP contribution in [0, 0.1) is 11.8 Å². The van der Waals surface area contributed by atoms with E-state index in [0.717, 1.165) is 56.8 Å². The van der Waals surface area contributed by atoms with Crippen LogP contribution in [0.5, 0.6) is 0 Å². The normalized spacial score (nSPS) is 31.4. The molecule has 3 aliphatic rings. The van der Waals surface area contributed by atoms with Crippen LogP contribution in [0.4, 0.5) is 0 Å². The monoisotopic (exact) mass is 384 g/mol. The van der Waals surface area contributed by atoms with Gasteiger partial charge in [-0.15, -0.1) is 0 Å². The summed E-state index contributed by atoms with van der Waals surface area (Å²) in [6.07, 6.45) is 6.11. The largest absolute Gasteiger partial charge is 0.465 e. The predicted molar refractivity (Wildman–Crippen MR) is 103 cm³/mol. The molecular weight excluding hydrogens is 356 g/mol. The fourth-order valence-corrected chi connectivity index (χ4v) is 5.49. The van der Waals surface area contributed by atoms with Crippen LogP contribution < -0.4 is 5.32 Å². The molecule has 6 heteroatoms. The Labute approximate surface area is 165 Å². The van der Waals surface area contributed by atoms with Gasteiger partial charge in [-0.25, -0.2) is 0 Å². The molecule has 0 radical (unpaired) electrons. The average molecular weight is 384 g/mol. The zero-order chi connectivity index (χ0) is 19.1. The fourth-order valence-electron chi connectivity index (χ4n) is 5.49. The van der Waals surface area contributed by atoms with Gasteiger partial charge < -0.3 is 18.9 Å². The minimum atomic E-state index is -0.143. The summed E-state index contributed by atoms with van der Waals surface area (Å²) in [4.78, 5) is 14.7. The van der Waals surface area contributed by atoms with E-state index in [1.54, 1.807) is 12.1 Å². The van der Waals surface area contributed by atoms with Gasteiger partial charge in [0.2, 0.25) is 0 Å². The summed E-state index contributed by atoms with van der Waals surface area (Å²) in [6, 6.07) is 7.64. The van der Waals surface area contributed by atoms with E-state index >= 15 is 0 Å². The first-order valence-corrected chi connectivity index (χ1v) is 10.5. The van der Waals surface area contributed by atoms with Gasteiger partial charge in [-0.2, -0.15) is 0 Å². The van der Waals surface area contributed by atoms with E-state index in [9.17, 15) is 4.79 Å². The predicted octanol–water partition coefficient (Wildman–Crippen LogP) is 3.23. The standard InChI is InChI=1S/C22H28N2O4/c1-2-4-15-6-7-16(27-15)12-24-13-18-17(19-8-9-22(18,14-24)28-19)11-23-21(25)20-5-3-10-26-20/h3,5-7,10,17-19H,2,4,8-9,11-14H2,1H3,(H,23,25)/t17-,18+,19+,22+/m0/s1. The van der Waals surface area contributed by atoms with E-state index < -0.39 is 0 Å². The van der Waals surface area contributed by atoms with Crippen molar-refractivity contribution in [3.05, 3.63) is 47.8 Å². The van der Waals surface area contributed by atoms with Crippen LogP contribution in [0.15, 0.2) is 39.4 Å². The molecular formula is C22H28N2O4. The number of aryl methyl sites for hydroxylation is 1. The Kier molecular flexibility index (Phi) is 4.56. The number of carbonyl (C=O) groups excluding carboxylic acids is 1. The topological polar surface area (TPSA) is 67.9 Å². The molecule has 0 aliphatic carbocycles. The fraction of sp³-hybridized carbons (Fsp3) is 0.591. The molecule has 28 heavy (non-hydrogen) atoms. The quantitative estimate of drug-likeness (QED) is 0.794. The summed E-state index contributed by atoms with van der Waals surface area (Å²) in [6.45, 7) is 5.61. The average Bonchev–Trinajstić information content (AvgIpc) is 3.47. The van der Waals surface area contributed by atoms with Gasteiger partial charge in [0.15, 0.2) is 5.76 Å². The lowest BCUT2D eigenvalue weighted by Crippen LogP contribution is -2.41.